The SMILES string of the molecule is C=C(CN(C(=O)Cn1nc(C(N)=O)c2cc(O)ccc21)C1CC1)NCc1cccc(C)c1. The summed E-state index contributed by atoms with van der Waals surface area (Å²) >= 11 is 0. The Labute approximate surface area is 186 Å². The van der Waals surface area contributed by atoms with Gasteiger partial charge in [-0.2, -0.15) is 5.10 Å². The van der Waals surface area contributed by atoms with Gasteiger partial charge in [-0.05, 0) is 43.5 Å². The molecule has 166 valence electrons. The Bertz CT molecular complexity index is 1200. The van der Waals surface area contributed by atoms with Crippen molar-refractivity contribution in [2.75, 3.05) is 6.54 Å². The molecule has 0 atom stereocenters. The summed E-state index contributed by atoms with van der Waals surface area (Å²) in [5.41, 5.74) is 9.15. The van der Waals surface area contributed by atoms with Crippen LogP contribution < -0.4 is 11.1 Å². The molecule has 1 saturated carbocycles. The van der Waals surface area contributed by atoms with Gasteiger partial charge in [-0.3, -0.25) is 14.3 Å². The molecule has 0 unspecified atom stereocenters. The van der Waals surface area contributed by atoms with Crippen molar-refractivity contribution in [3.63, 3.8) is 0 Å². The summed E-state index contributed by atoms with van der Waals surface area (Å²) in [5, 5.41) is 17.7. The number of amides is 2. The van der Waals surface area contributed by atoms with E-state index in [-0.39, 0.29) is 29.9 Å². The first-order valence-electron chi connectivity index (χ1n) is 10.6. The average molecular weight is 434 g/mol. The molecule has 1 aliphatic carbocycles. The largest absolute Gasteiger partial charge is 0.508 e. The number of carbonyl (C=O) groups excluding carboxylic acids is 2. The van der Waals surface area contributed by atoms with Gasteiger partial charge in [0.2, 0.25) is 5.91 Å². The van der Waals surface area contributed by atoms with E-state index >= 15 is 0 Å². The monoisotopic (exact) mass is 433 g/mol. The van der Waals surface area contributed by atoms with Gasteiger partial charge in [0.1, 0.15) is 12.3 Å². The zero-order valence-electron chi connectivity index (χ0n) is 18.0. The van der Waals surface area contributed by atoms with Crippen molar-refractivity contribution in [3.8, 4) is 5.75 Å². The fraction of sp³-hybridized carbons (Fsp3) is 0.292. The molecule has 1 aromatic heterocycles. The quantitative estimate of drug-likeness (QED) is 0.480. The number of hydrogen-bond acceptors (Lipinski definition) is 5. The maximum atomic E-state index is 13.2. The number of hydrogen-bond donors (Lipinski definition) is 3. The standard InChI is InChI=1S/C24H27N5O3/c1-15-4-3-5-17(10-15)12-26-16(2)13-28(18-6-7-18)22(31)14-29-21-9-8-19(30)11-20(21)23(27-29)24(25)32/h3-5,8-11,18,26,30H,2,6-7,12-14H2,1H3,(H2,25,32). The molecule has 1 heterocycles. The highest BCUT2D eigenvalue weighted by Gasteiger charge is 2.33. The molecule has 1 aliphatic rings. The number of phenolic OH excluding ortho intramolecular Hbond substituents is 1. The van der Waals surface area contributed by atoms with Gasteiger partial charge in [0.15, 0.2) is 5.69 Å². The van der Waals surface area contributed by atoms with Crippen LogP contribution in [-0.4, -0.2) is 44.2 Å². The van der Waals surface area contributed by atoms with Crippen LogP contribution in [0.4, 0.5) is 0 Å². The first kappa shape index (κ1) is 21.4. The van der Waals surface area contributed by atoms with Gasteiger partial charge in [0, 0.05) is 23.7 Å². The van der Waals surface area contributed by atoms with Gasteiger partial charge < -0.3 is 21.1 Å². The van der Waals surface area contributed by atoms with Crippen LogP contribution in [0, 0.1) is 6.92 Å². The number of carbonyl (C=O) groups is 2. The first-order chi connectivity index (χ1) is 15.3. The van der Waals surface area contributed by atoms with E-state index in [1.165, 1.54) is 22.4 Å². The second-order valence-electron chi connectivity index (χ2n) is 8.27. The van der Waals surface area contributed by atoms with E-state index in [0.29, 0.717) is 24.0 Å². The van der Waals surface area contributed by atoms with Crippen molar-refractivity contribution in [1.82, 2.24) is 20.0 Å². The first-order valence-corrected chi connectivity index (χ1v) is 10.6. The molecule has 0 spiro atoms. The highest BCUT2D eigenvalue weighted by Crippen LogP contribution is 2.28. The van der Waals surface area contributed by atoms with Crippen LogP contribution in [0.3, 0.4) is 0 Å². The Hall–Kier alpha value is -3.81. The minimum atomic E-state index is -0.709. The number of fused-ring (bicyclic) bond motifs is 1. The summed E-state index contributed by atoms with van der Waals surface area (Å²) in [5.74, 6) is -0.819. The van der Waals surface area contributed by atoms with E-state index in [1.54, 1.807) is 6.07 Å². The summed E-state index contributed by atoms with van der Waals surface area (Å²) in [7, 11) is 0. The van der Waals surface area contributed by atoms with Gasteiger partial charge in [0.25, 0.3) is 5.91 Å². The van der Waals surface area contributed by atoms with Crippen LogP contribution in [-0.2, 0) is 17.9 Å². The summed E-state index contributed by atoms with van der Waals surface area (Å²) in [6.45, 7) is 7.16. The number of primary amides is 1. The fourth-order valence-corrected chi connectivity index (χ4v) is 3.81. The molecule has 32 heavy (non-hydrogen) atoms. The number of nitrogens with two attached hydrogens (primary N) is 1. The van der Waals surface area contributed by atoms with Gasteiger partial charge in [-0.1, -0.05) is 36.4 Å². The van der Waals surface area contributed by atoms with Crippen molar-refractivity contribution >= 4 is 22.7 Å². The number of benzene rings is 2. The number of phenols is 1. The smallest absolute Gasteiger partial charge is 0.269 e. The zero-order chi connectivity index (χ0) is 22.8. The van der Waals surface area contributed by atoms with Crippen molar-refractivity contribution in [3.05, 3.63) is 71.6 Å². The lowest BCUT2D eigenvalue weighted by Gasteiger charge is -2.24. The summed E-state index contributed by atoms with van der Waals surface area (Å²) in [6, 6.07) is 13.0. The number of nitrogens with zero attached hydrogens (tertiary/aromatic N) is 3. The molecule has 3 aromatic rings. The molecule has 0 saturated heterocycles. The lowest BCUT2D eigenvalue weighted by molar-refractivity contribution is -0.132. The number of aromatic nitrogens is 2. The van der Waals surface area contributed by atoms with Crippen molar-refractivity contribution in [2.45, 2.75) is 38.9 Å². The minimum Gasteiger partial charge on any atom is -0.508 e. The van der Waals surface area contributed by atoms with Gasteiger partial charge in [-0.15, -0.1) is 0 Å². The van der Waals surface area contributed by atoms with Crippen LogP contribution in [0.5, 0.6) is 5.75 Å². The second-order valence-corrected chi connectivity index (χ2v) is 8.27. The lowest BCUT2D eigenvalue weighted by Crippen LogP contribution is -2.39. The van der Waals surface area contributed by atoms with Crippen molar-refractivity contribution in [2.24, 2.45) is 5.73 Å². The van der Waals surface area contributed by atoms with Crippen LogP contribution >= 0.6 is 0 Å². The van der Waals surface area contributed by atoms with Gasteiger partial charge in [0.05, 0.1) is 12.1 Å². The Morgan fingerprint density at radius 3 is 2.75 bits per heavy atom. The van der Waals surface area contributed by atoms with E-state index < -0.39 is 5.91 Å². The number of nitrogens with one attached hydrogen (secondary N) is 1. The van der Waals surface area contributed by atoms with E-state index in [4.69, 9.17) is 5.73 Å². The molecule has 0 aliphatic heterocycles. The molecule has 4 rings (SSSR count). The van der Waals surface area contributed by atoms with Crippen LogP contribution in [0.15, 0.2) is 54.7 Å². The Kier molecular flexibility index (Phi) is 5.85. The minimum absolute atomic E-state index is 0.00136. The van der Waals surface area contributed by atoms with Crippen molar-refractivity contribution in [1.29, 1.82) is 0 Å². The molecule has 2 amide bonds. The third-order valence-electron chi connectivity index (χ3n) is 5.55. The predicted molar refractivity (Wildman–Crippen MR) is 122 cm³/mol. The maximum absolute atomic E-state index is 13.2. The highest BCUT2D eigenvalue weighted by atomic mass is 16.3. The molecule has 0 bridgehead atoms. The summed E-state index contributed by atoms with van der Waals surface area (Å²) < 4.78 is 1.47. The van der Waals surface area contributed by atoms with Crippen LogP contribution in [0.25, 0.3) is 10.9 Å². The molecule has 8 heteroatoms. The Morgan fingerprint density at radius 2 is 2.06 bits per heavy atom. The lowest BCUT2D eigenvalue weighted by atomic mass is 10.1. The third kappa shape index (κ3) is 4.74. The molecule has 1 fully saturated rings. The van der Waals surface area contributed by atoms with E-state index in [1.807, 2.05) is 17.0 Å². The van der Waals surface area contributed by atoms with Crippen LogP contribution in [0.2, 0.25) is 0 Å². The van der Waals surface area contributed by atoms with E-state index in [9.17, 15) is 14.7 Å². The Balaban J connectivity index is 1.46. The molecule has 4 N–H and O–H groups in total. The summed E-state index contributed by atoms with van der Waals surface area (Å²) in [4.78, 5) is 26.8. The predicted octanol–water partition coefficient (Wildman–Crippen LogP) is 2.44. The molecular weight excluding hydrogens is 406 g/mol. The average Bonchev–Trinajstić information content (AvgIpc) is 3.52. The second kappa shape index (κ2) is 8.74. The Morgan fingerprint density at radius 1 is 1.28 bits per heavy atom. The summed E-state index contributed by atoms with van der Waals surface area (Å²) in [6.07, 6.45) is 1.91. The van der Waals surface area contributed by atoms with E-state index in [0.717, 1.165) is 24.1 Å². The topological polar surface area (TPSA) is 113 Å². The van der Waals surface area contributed by atoms with E-state index in [2.05, 4.69) is 36.1 Å². The molecule has 0 radical (unpaired) electrons. The third-order valence-corrected chi connectivity index (χ3v) is 5.55. The number of aryl methyl sites for hydroxylation is 1. The zero-order valence-corrected chi connectivity index (χ0v) is 18.0. The fourth-order valence-electron chi connectivity index (χ4n) is 3.81. The maximum Gasteiger partial charge on any atom is 0.269 e. The van der Waals surface area contributed by atoms with Gasteiger partial charge >= 0.3 is 0 Å². The van der Waals surface area contributed by atoms with Crippen LogP contribution in [0.1, 0.15) is 34.5 Å². The normalized spacial score (nSPS) is 13.2. The van der Waals surface area contributed by atoms with Gasteiger partial charge in [-0.25, -0.2) is 0 Å². The molecular formula is C24H27N5O3. The molecule has 2 aromatic carbocycles. The number of rotatable bonds is 9. The molecule has 8 nitrogen and oxygen atoms in total. The number of aromatic hydroxyl groups is 1. The highest BCUT2D eigenvalue weighted by molar-refractivity contribution is 6.04. The van der Waals surface area contributed by atoms with Crippen molar-refractivity contribution < 1.29 is 14.7 Å².